The Bertz CT molecular complexity index is 557. The third-order valence-corrected chi connectivity index (χ3v) is 4.52. The second-order valence-electron chi connectivity index (χ2n) is 5.65. The zero-order valence-electron chi connectivity index (χ0n) is 12.5. The third-order valence-electron chi connectivity index (χ3n) is 3.96. The molecule has 1 aromatic carbocycles. The average Bonchev–Trinajstić information content (AvgIpc) is 2.98. The Morgan fingerprint density at radius 3 is 2.59 bits per heavy atom. The molecule has 0 saturated heterocycles. The standard InChI is InChI=1S/C16H20Cl2N2O2/c1-10(13-7-6-12(17)8-14(13)18)20-15(21)9-19-16(22)11-4-2-3-5-11/h6-8,10-11H,2-5,9H2,1H3,(H,19,22)(H,20,21). The van der Waals surface area contributed by atoms with Crippen LogP contribution in [0.1, 0.15) is 44.2 Å². The van der Waals surface area contributed by atoms with Crippen LogP contribution in [0.25, 0.3) is 0 Å². The molecule has 1 saturated carbocycles. The molecule has 1 atom stereocenters. The first-order valence-electron chi connectivity index (χ1n) is 7.49. The lowest BCUT2D eigenvalue weighted by atomic mass is 10.1. The number of halogens is 2. The van der Waals surface area contributed by atoms with E-state index in [1.807, 2.05) is 6.92 Å². The normalized spacial score (nSPS) is 16.3. The Balaban J connectivity index is 1.82. The van der Waals surface area contributed by atoms with Crippen LogP contribution in [0.5, 0.6) is 0 Å². The van der Waals surface area contributed by atoms with Crippen LogP contribution >= 0.6 is 23.2 Å². The molecule has 0 aromatic heterocycles. The fraction of sp³-hybridized carbons (Fsp3) is 0.500. The smallest absolute Gasteiger partial charge is 0.239 e. The number of hydrogen-bond acceptors (Lipinski definition) is 2. The van der Waals surface area contributed by atoms with Gasteiger partial charge in [-0.3, -0.25) is 9.59 Å². The first-order valence-corrected chi connectivity index (χ1v) is 8.25. The molecule has 22 heavy (non-hydrogen) atoms. The molecule has 1 aliphatic carbocycles. The summed E-state index contributed by atoms with van der Waals surface area (Å²) >= 11 is 12.0. The summed E-state index contributed by atoms with van der Waals surface area (Å²) in [6.45, 7) is 1.83. The van der Waals surface area contributed by atoms with Crippen LogP contribution in [0.4, 0.5) is 0 Å². The van der Waals surface area contributed by atoms with Gasteiger partial charge in [-0.25, -0.2) is 0 Å². The van der Waals surface area contributed by atoms with Crippen molar-refractivity contribution in [3.8, 4) is 0 Å². The SMILES string of the molecule is CC(NC(=O)CNC(=O)C1CCCC1)c1ccc(Cl)cc1Cl. The maximum atomic E-state index is 11.9. The largest absolute Gasteiger partial charge is 0.348 e. The summed E-state index contributed by atoms with van der Waals surface area (Å²) in [5.74, 6) is -0.189. The molecule has 1 unspecified atom stereocenters. The van der Waals surface area contributed by atoms with Crippen molar-refractivity contribution in [1.29, 1.82) is 0 Å². The van der Waals surface area contributed by atoms with Crippen LogP contribution < -0.4 is 10.6 Å². The van der Waals surface area contributed by atoms with Crippen molar-refractivity contribution in [2.75, 3.05) is 6.54 Å². The number of carbonyl (C=O) groups excluding carboxylic acids is 2. The second-order valence-corrected chi connectivity index (χ2v) is 6.50. The van der Waals surface area contributed by atoms with Crippen molar-refractivity contribution >= 4 is 35.0 Å². The van der Waals surface area contributed by atoms with Gasteiger partial charge in [0.1, 0.15) is 0 Å². The van der Waals surface area contributed by atoms with E-state index < -0.39 is 0 Å². The van der Waals surface area contributed by atoms with Crippen molar-refractivity contribution < 1.29 is 9.59 Å². The second kappa shape index (κ2) is 7.84. The molecule has 0 aliphatic heterocycles. The van der Waals surface area contributed by atoms with E-state index in [0.29, 0.717) is 10.0 Å². The van der Waals surface area contributed by atoms with Crippen molar-refractivity contribution in [2.24, 2.45) is 5.92 Å². The molecule has 0 radical (unpaired) electrons. The molecular formula is C16H20Cl2N2O2. The van der Waals surface area contributed by atoms with Gasteiger partial charge in [-0.15, -0.1) is 0 Å². The van der Waals surface area contributed by atoms with E-state index in [9.17, 15) is 9.59 Å². The van der Waals surface area contributed by atoms with Gasteiger partial charge in [0.15, 0.2) is 0 Å². The van der Waals surface area contributed by atoms with E-state index in [0.717, 1.165) is 31.2 Å². The van der Waals surface area contributed by atoms with Gasteiger partial charge in [0.25, 0.3) is 0 Å². The molecule has 2 amide bonds. The summed E-state index contributed by atoms with van der Waals surface area (Å²) in [6.07, 6.45) is 4.03. The van der Waals surface area contributed by atoms with E-state index in [1.165, 1.54) is 0 Å². The fourth-order valence-corrected chi connectivity index (χ4v) is 3.29. The van der Waals surface area contributed by atoms with Crippen LogP contribution in [0.15, 0.2) is 18.2 Å². The van der Waals surface area contributed by atoms with Gasteiger partial charge in [0.05, 0.1) is 12.6 Å². The summed E-state index contributed by atoms with van der Waals surface area (Å²) in [6, 6.07) is 4.91. The highest BCUT2D eigenvalue weighted by Crippen LogP contribution is 2.26. The monoisotopic (exact) mass is 342 g/mol. The molecule has 4 nitrogen and oxygen atoms in total. The fourth-order valence-electron chi connectivity index (χ4n) is 2.72. The highest BCUT2D eigenvalue weighted by molar-refractivity contribution is 6.35. The first kappa shape index (κ1) is 17.1. The third kappa shape index (κ3) is 4.62. The molecule has 0 spiro atoms. The lowest BCUT2D eigenvalue weighted by Crippen LogP contribution is -2.40. The van der Waals surface area contributed by atoms with Crippen molar-refractivity contribution in [2.45, 2.75) is 38.6 Å². The quantitative estimate of drug-likeness (QED) is 0.860. The molecule has 2 N–H and O–H groups in total. The molecule has 0 bridgehead atoms. The Morgan fingerprint density at radius 1 is 1.27 bits per heavy atom. The number of amides is 2. The van der Waals surface area contributed by atoms with Gasteiger partial charge in [-0.05, 0) is 37.5 Å². The molecular weight excluding hydrogens is 323 g/mol. The molecule has 6 heteroatoms. The average molecular weight is 343 g/mol. The van der Waals surface area contributed by atoms with Gasteiger partial charge >= 0.3 is 0 Å². The summed E-state index contributed by atoms with van der Waals surface area (Å²) in [4.78, 5) is 23.8. The van der Waals surface area contributed by atoms with Crippen LogP contribution in [-0.4, -0.2) is 18.4 Å². The van der Waals surface area contributed by atoms with Crippen LogP contribution in [0, 0.1) is 5.92 Å². The summed E-state index contributed by atoms with van der Waals surface area (Å²) < 4.78 is 0. The molecule has 120 valence electrons. The van der Waals surface area contributed by atoms with Gasteiger partial charge in [-0.2, -0.15) is 0 Å². The number of rotatable bonds is 5. The molecule has 2 rings (SSSR count). The van der Waals surface area contributed by atoms with Crippen LogP contribution in [0.2, 0.25) is 10.0 Å². The molecule has 1 aromatic rings. The highest BCUT2D eigenvalue weighted by atomic mass is 35.5. The molecule has 0 heterocycles. The van der Waals surface area contributed by atoms with Crippen LogP contribution in [0.3, 0.4) is 0 Å². The van der Waals surface area contributed by atoms with Crippen molar-refractivity contribution in [1.82, 2.24) is 10.6 Å². The first-order chi connectivity index (χ1) is 10.5. The summed E-state index contributed by atoms with van der Waals surface area (Å²) in [5, 5.41) is 6.58. The number of hydrogen-bond donors (Lipinski definition) is 2. The van der Waals surface area contributed by atoms with E-state index in [2.05, 4.69) is 10.6 Å². The van der Waals surface area contributed by atoms with Crippen molar-refractivity contribution in [3.05, 3.63) is 33.8 Å². The maximum Gasteiger partial charge on any atom is 0.239 e. The summed E-state index contributed by atoms with van der Waals surface area (Å²) in [5.41, 5.74) is 0.793. The van der Waals surface area contributed by atoms with E-state index in [-0.39, 0.29) is 30.3 Å². The lowest BCUT2D eigenvalue weighted by Gasteiger charge is -2.17. The predicted molar refractivity (Wildman–Crippen MR) is 88.0 cm³/mol. The maximum absolute atomic E-state index is 11.9. The topological polar surface area (TPSA) is 58.2 Å². The van der Waals surface area contributed by atoms with Gasteiger partial charge in [0, 0.05) is 16.0 Å². The molecule has 1 fully saturated rings. The number of nitrogens with one attached hydrogen (secondary N) is 2. The lowest BCUT2D eigenvalue weighted by molar-refractivity contribution is -0.128. The Kier molecular flexibility index (Phi) is 6.09. The summed E-state index contributed by atoms with van der Waals surface area (Å²) in [7, 11) is 0. The van der Waals surface area contributed by atoms with E-state index >= 15 is 0 Å². The highest BCUT2D eigenvalue weighted by Gasteiger charge is 2.23. The minimum Gasteiger partial charge on any atom is -0.348 e. The number of carbonyl (C=O) groups is 2. The predicted octanol–water partition coefficient (Wildman–Crippen LogP) is 3.48. The Hall–Kier alpha value is -1.26. The minimum absolute atomic E-state index is 0.00905. The molecule has 1 aliphatic rings. The minimum atomic E-state index is -0.249. The van der Waals surface area contributed by atoms with Gasteiger partial charge < -0.3 is 10.6 Å². The van der Waals surface area contributed by atoms with Gasteiger partial charge in [0.2, 0.25) is 11.8 Å². The van der Waals surface area contributed by atoms with Crippen LogP contribution in [-0.2, 0) is 9.59 Å². The zero-order valence-corrected chi connectivity index (χ0v) is 14.0. The Morgan fingerprint density at radius 2 is 1.95 bits per heavy atom. The Labute approximate surface area is 140 Å². The van der Waals surface area contributed by atoms with E-state index in [4.69, 9.17) is 23.2 Å². The van der Waals surface area contributed by atoms with Crippen molar-refractivity contribution in [3.63, 3.8) is 0 Å². The number of benzene rings is 1. The zero-order chi connectivity index (χ0) is 16.1. The van der Waals surface area contributed by atoms with E-state index in [1.54, 1.807) is 18.2 Å². The van der Waals surface area contributed by atoms with Gasteiger partial charge in [-0.1, -0.05) is 42.1 Å².